The zero-order chi connectivity index (χ0) is 14.1. The van der Waals surface area contributed by atoms with Crippen molar-refractivity contribution < 1.29 is 9.53 Å². The molecule has 1 aromatic heterocycles. The molecule has 19 heavy (non-hydrogen) atoms. The number of nitrogens with two attached hydrogens (primary N) is 1. The quantitative estimate of drug-likeness (QED) is 0.766. The summed E-state index contributed by atoms with van der Waals surface area (Å²) in [6.07, 6.45) is 3.32. The number of rotatable bonds is 8. The van der Waals surface area contributed by atoms with Gasteiger partial charge in [-0.2, -0.15) is 0 Å². The zero-order valence-corrected chi connectivity index (χ0v) is 11.7. The molecule has 1 atom stereocenters. The molecule has 0 saturated carbocycles. The number of carbonyl (C=O) groups is 1. The molecule has 0 radical (unpaired) electrons. The Bertz CT molecular complexity index is 370. The predicted octanol–water partition coefficient (Wildman–Crippen LogP) is 1.18. The number of hydrogen-bond acceptors (Lipinski definition) is 4. The van der Waals surface area contributed by atoms with Crippen molar-refractivity contribution in [2.24, 2.45) is 5.73 Å². The summed E-state index contributed by atoms with van der Waals surface area (Å²) in [5, 5.41) is 0. The fourth-order valence-corrected chi connectivity index (χ4v) is 1.82. The van der Waals surface area contributed by atoms with Crippen LogP contribution < -0.4 is 5.73 Å². The molecule has 0 fully saturated rings. The molecule has 1 amide bonds. The molecule has 0 bridgehead atoms. The highest BCUT2D eigenvalue weighted by Crippen LogP contribution is 2.05. The summed E-state index contributed by atoms with van der Waals surface area (Å²) in [6, 6.07) is 5.23. The molecule has 0 aliphatic carbocycles. The predicted molar refractivity (Wildman–Crippen MR) is 74.4 cm³/mol. The third-order valence-electron chi connectivity index (χ3n) is 2.87. The Morgan fingerprint density at radius 1 is 1.53 bits per heavy atom. The normalized spacial score (nSPS) is 12.2. The zero-order valence-electron chi connectivity index (χ0n) is 11.7. The lowest BCUT2D eigenvalue weighted by atomic mass is 10.1. The van der Waals surface area contributed by atoms with Crippen LogP contribution in [-0.2, 0) is 16.1 Å². The number of methoxy groups -OCH3 is 1. The molecule has 5 heteroatoms. The van der Waals surface area contributed by atoms with Crippen LogP contribution in [0.4, 0.5) is 0 Å². The summed E-state index contributed by atoms with van der Waals surface area (Å²) in [5.74, 6) is -0.0375. The molecule has 0 aliphatic rings. The standard InChI is InChI=1S/C14H23N3O2/c1-3-6-13(15)14(18)17(9-10-19-2)11-12-7-4-5-8-16-12/h4-5,7-8,13H,3,6,9-11,15H2,1-2H3. The number of nitrogens with zero attached hydrogens (tertiary/aromatic N) is 2. The molecule has 1 heterocycles. The molecule has 1 rings (SSSR count). The summed E-state index contributed by atoms with van der Waals surface area (Å²) in [5.41, 5.74) is 6.76. The Morgan fingerprint density at radius 3 is 2.89 bits per heavy atom. The molecule has 106 valence electrons. The maximum Gasteiger partial charge on any atom is 0.239 e. The van der Waals surface area contributed by atoms with E-state index in [9.17, 15) is 4.79 Å². The maximum absolute atomic E-state index is 12.3. The van der Waals surface area contributed by atoms with Crippen molar-refractivity contribution >= 4 is 5.91 Å². The van der Waals surface area contributed by atoms with Crippen LogP contribution in [0, 0.1) is 0 Å². The second-order valence-electron chi connectivity index (χ2n) is 4.47. The van der Waals surface area contributed by atoms with Gasteiger partial charge in [-0.05, 0) is 18.6 Å². The lowest BCUT2D eigenvalue weighted by molar-refractivity contribution is -0.134. The highest BCUT2D eigenvalue weighted by Gasteiger charge is 2.20. The maximum atomic E-state index is 12.3. The van der Waals surface area contributed by atoms with Gasteiger partial charge in [-0.3, -0.25) is 9.78 Å². The van der Waals surface area contributed by atoms with Gasteiger partial charge in [0.1, 0.15) is 0 Å². The molecule has 0 aliphatic heterocycles. The molecule has 0 saturated heterocycles. The van der Waals surface area contributed by atoms with Crippen LogP contribution in [0.15, 0.2) is 24.4 Å². The van der Waals surface area contributed by atoms with Gasteiger partial charge in [-0.25, -0.2) is 0 Å². The van der Waals surface area contributed by atoms with Gasteiger partial charge in [0.2, 0.25) is 5.91 Å². The van der Waals surface area contributed by atoms with Crippen LogP contribution in [0.2, 0.25) is 0 Å². The first kappa shape index (κ1) is 15.6. The third kappa shape index (κ3) is 5.36. The monoisotopic (exact) mass is 265 g/mol. The number of pyridine rings is 1. The first-order valence-electron chi connectivity index (χ1n) is 6.62. The minimum absolute atomic E-state index is 0.0375. The molecule has 1 aromatic rings. The average Bonchev–Trinajstić information content (AvgIpc) is 2.44. The van der Waals surface area contributed by atoms with Crippen molar-refractivity contribution in [3.8, 4) is 0 Å². The van der Waals surface area contributed by atoms with Crippen molar-refractivity contribution in [1.29, 1.82) is 0 Å². The summed E-state index contributed by atoms with van der Waals surface area (Å²) in [6.45, 7) is 3.52. The van der Waals surface area contributed by atoms with Gasteiger partial charge in [0.15, 0.2) is 0 Å². The summed E-state index contributed by atoms with van der Waals surface area (Å²) < 4.78 is 5.04. The topological polar surface area (TPSA) is 68.5 Å². The number of ether oxygens (including phenoxy) is 1. The van der Waals surface area contributed by atoms with Gasteiger partial charge in [0.25, 0.3) is 0 Å². The number of aromatic nitrogens is 1. The molecule has 0 spiro atoms. The summed E-state index contributed by atoms with van der Waals surface area (Å²) in [7, 11) is 1.62. The van der Waals surface area contributed by atoms with E-state index in [1.807, 2.05) is 25.1 Å². The highest BCUT2D eigenvalue weighted by atomic mass is 16.5. The van der Waals surface area contributed by atoms with E-state index >= 15 is 0 Å². The SMILES string of the molecule is CCCC(N)C(=O)N(CCOC)Cc1ccccn1. The Morgan fingerprint density at radius 2 is 2.32 bits per heavy atom. The Hall–Kier alpha value is -1.46. The van der Waals surface area contributed by atoms with Crippen LogP contribution in [0.5, 0.6) is 0 Å². The Kier molecular flexibility index (Phi) is 7.07. The van der Waals surface area contributed by atoms with Crippen LogP contribution in [0.1, 0.15) is 25.5 Å². The van der Waals surface area contributed by atoms with E-state index in [1.165, 1.54) is 0 Å². The summed E-state index contributed by atoms with van der Waals surface area (Å²) >= 11 is 0. The molecular weight excluding hydrogens is 242 g/mol. The fourth-order valence-electron chi connectivity index (χ4n) is 1.82. The molecule has 1 unspecified atom stereocenters. The van der Waals surface area contributed by atoms with E-state index in [1.54, 1.807) is 18.2 Å². The first-order chi connectivity index (χ1) is 9.19. The van der Waals surface area contributed by atoms with Crippen molar-refractivity contribution in [3.05, 3.63) is 30.1 Å². The average molecular weight is 265 g/mol. The van der Waals surface area contributed by atoms with Crippen LogP contribution in [0.3, 0.4) is 0 Å². The lowest BCUT2D eigenvalue weighted by Crippen LogP contribution is -2.44. The Balaban J connectivity index is 2.68. The molecular formula is C14H23N3O2. The lowest BCUT2D eigenvalue weighted by Gasteiger charge is -2.25. The van der Waals surface area contributed by atoms with E-state index in [2.05, 4.69) is 4.98 Å². The van der Waals surface area contributed by atoms with Crippen molar-refractivity contribution in [3.63, 3.8) is 0 Å². The summed E-state index contributed by atoms with van der Waals surface area (Å²) in [4.78, 5) is 18.2. The van der Waals surface area contributed by atoms with Crippen LogP contribution in [-0.4, -0.2) is 42.1 Å². The van der Waals surface area contributed by atoms with Gasteiger partial charge < -0.3 is 15.4 Å². The van der Waals surface area contributed by atoms with Gasteiger partial charge in [0, 0.05) is 19.9 Å². The first-order valence-corrected chi connectivity index (χ1v) is 6.62. The number of hydrogen-bond donors (Lipinski definition) is 1. The van der Waals surface area contributed by atoms with E-state index < -0.39 is 6.04 Å². The molecule has 5 nitrogen and oxygen atoms in total. The van der Waals surface area contributed by atoms with Crippen molar-refractivity contribution in [2.75, 3.05) is 20.3 Å². The van der Waals surface area contributed by atoms with Crippen LogP contribution in [0.25, 0.3) is 0 Å². The highest BCUT2D eigenvalue weighted by molar-refractivity contribution is 5.81. The number of carbonyl (C=O) groups excluding carboxylic acids is 1. The minimum Gasteiger partial charge on any atom is -0.383 e. The third-order valence-corrected chi connectivity index (χ3v) is 2.87. The van der Waals surface area contributed by atoms with Crippen LogP contribution >= 0.6 is 0 Å². The van der Waals surface area contributed by atoms with Gasteiger partial charge in [-0.1, -0.05) is 19.4 Å². The minimum atomic E-state index is -0.439. The Labute approximate surface area is 114 Å². The second kappa shape index (κ2) is 8.61. The smallest absolute Gasteiger partial charge is 0.239 e. The van der Waals surface area contributed by atoms with E-state index in [-0.39, 0.29) is 5.91 Å². The van der Waals surface area contributed by atoms with Gasteiger partial charge >= 0.3 is 0 Å². The van der Waals surface area contributed by atoms with E-state index in [4.69, 9.17) is 10.5 Å². The molecule has 0 aromatic carbocycles. The van der Waals surface area contributed by atoms with Gasteiger partial charge in [-0.15, -0.1) is 0 Å². The number of amides is 1. The van der Waals surface area contributed by atoms with Gasteiger partial charge in [0.05, 0.1) is 24.9 Å². The molecule has 2 N–H and O–H groups in total. The second-order valence-corrected chi connectivity index (χ2v) is 4.47. The van der Waals surface area contributed by atoms with E-state index in [0.29, 0.717) is 26.1 Å². The fraction of sp³-hybridized carbons (Fsp3) is 0.571. The largest absolute Gasteiger partial charge is 0.383 e. The van der Waals surface area contributed by atoms with E-state index in [0.717, 1.165) is 12.1 Å². The van der Waals surface area contributed by atoms with Crippen molar-refractivity contribution in [2.45, 2.75) is 32.4 Å². The van der Waals surface area contributed by atoms with Crippen molar-refractivity contribution in [1.82, 2.24) is 9.88 Å².